The molecule has 0 aliphatic carbocycles. The molecule has 0 atom stereocenters. The third-order valence-corrected chi connectivity index (χ3v) is 4.75. The van der Waals surface area contributed by atoms with Gasteiger partial charge in [-0.25, -0.2) is 0 Å². The van der Waals surface area contributed by atoms with Gasteiger partial charge in [-0.3, -0.25) is 0 Å². The van der Waals surface area contributed by atoms with Crippen LogP contribution in [-0.4, -0.2) is 33.5 Å². The topological polar surface area (TPSA) is 54.0 Å². The number of ether oxygens (including phenoxy) is 4. The van der Waals surface area contributed by atoms with Gasteiger partial charge >= 0.3 is 18.9 Å². The Kier molecular flexibility index (Phi) is 10.3. The van der Waals surface area contributed by atoms with Gasteiger partial charge in [0.2, 0.25) is 0 Å². The van der Waals surface area contributed by atoms with E-state index in [0.717, 1.165) is 23.9 Å². The first-order valence-electron chi connectivity index (χ1n) is 8.41. The minimum atomic E-state index is -0.110. The van der Waals surface area contributed by atoms with Gasteiger partial charge in [-0.05, 0) is 18.6 Å². The Morgan fingerprint density at radius 2 is 1.52 bits per heavy atom. The molecule has 0 bridgehead atoms. The molecule has 0 amide bonds. The van der Waals surface area contributed by atoms with Crippen molar-refractivity contribution in [2.45, 2.75) is 19.8 Å². The summed E-state index contributed by atoms with van der Waals surface area (Å²) in [7, 11) is 5.12. The van der Waals surface area contributed by atoms with Crippen molar-refractivity contribution < 1.29 is 42.6 Å². The molecule has 27 heavy (non-hydrogen) atoms. The Labute approximate surface area is 174 Å². The Morgan fingerprint density at radius 1 is 0.926 bits per heavy atom. The van der Waals surface area contributed by atoms with Crippen LogP contribution in [0.3, 0.4) is 0 Å². The summed E-state index contributed by atoms with van der Waals surface area (Å²) >= 11 is 0. The van der Waals surface area contributed by atoms with Crippen molar-refractivity contribution in [2.24, 2.45) is 0 Å². The van der Waals surface area contributed by atoms with Crippen LogP contribution >= 0.6 is 8.58 Å². The van der Waals surface area contributed by atoms with Gasteiger partial charge in [-0.15, -0.1) is 0 Å². The summed E-state index contributed by atoms with van der Waals surface area (Å²) in [6.07, 6.45) is 2.12. The summed E-state index contributed by atoms with van der Waals surface area (Å²) < 4.78 is 21.6. The smallest absolute Gasteiger partial charge is 0.496 e. The molecule has 5 nitrogen and oxygen atoms in total. The SMILES string of the molecule is CCCCOc1ccc([P-]C(=O)c2c(OC)cc(OC)cc2OC)cc1.[Li+]. The number of carbonyl (C=O) groups excluding carboxylic acids is 1. The molecule has 2 aromatic carbocycles. The first-order chi connectivity index (χ1) is 12.6. The van der Waals surface area contributed by atoms with Crippen molar-refractivity contribution in [3.05, 3.63) is 42.0 Å². The maximum atomic E-state index is 12.8. The second-order valence-electron chi connectivity index (χ2n) is 5.52. The molecule has 0 saturated carbocycles. The van der Waals surface area contributed by atoms with E-state index in [1.54, 1.807) is 19.2 Å². The molecule has 2 aromatic rings. The summed E-state index contributed by atoms with van der Waals surface area (Å²) in [5.74, 6) is 2.24. The van der Waals surface area contributed by atoms with Crippen LogP contribution in [0.15, 0.2) is 36.4 Å². The van der Waals surface area contributed by atoms with E-state index in [-0.39, 0.29) is 24.4 Å². The molecule has 0 radical (unpaired) electrons. The third-order valence-electron chi connectivity index (χ3n) is 3.76. The van der Waals surface area contributed by atoms with E-state index in [1.165, 1.54) is 14.2 Å². The van der Waals surface area contributed by atoms with Gasteiger partial charge in [0.05, 0.1) is 33.5 Å². The summed E-state index contributed by atoms with van der Waals surface area (Å²) in [5.41, 5.74) is 0.293. The zero-order valence-electron chi connectivity index (χ0n) is 16.6. The number of rotatable bonds is 10. The van der Waals surface area contributed by atoms with Crippen molar-refractivity contribution in [3.8, 4) is 23.0 Å². The normalized spacial score (nSPS) is 10.4. The molecular weight excluding hydrogens is 358 g/mol. The van der Waals surface area contributed by atoms with E-state index in [2.05, 4.69) is 6.92 Å². The molecule has 140 valence electrons. The molecule has 0 spiro atoms. The summed E-state index contributed by atoms with van der Waals surface area (Å²) in [6, 6.07) is 10.9. The maximum Gasteiger partial charge on any atom is 1.00 e. The first-order valence-corrected chi connectivity index (χ1v) is 9.31. The van der Waals surface area contributed by atoms with Crippen LogP contribution in [0.2, 0.25) is 0 Å². The summed E-state index contributed by atoms with van der Waals surface area (Å²) in [4.78, 5) is 12.8. The quantitative estimate of drug-likeness (QED) is 0.352. The van der Waals surface area contributed by atoms with E-state index in [0.29, 0.717) is 38.0 Å². The van der Waals surface area contributed by atoms with Gasteiger partial charge in [0, 0.05) is 17.7 Å². The van der Waals surface area contributed by atoms with Gasteiger partial charge in [0.25, 0.3) is 0 Å². The zero-order chi connectivity index (χ0) is 18.9. The van der Waals surface area contributed by atoms with Crippen molar-refractivity contribution in [1.29, 1.82) is 0 Å². The average Bonchev–Trinajstić information content (AvgIpc) is 2.68. The van der Waals surface area contributed by atoms with Crippen LogP contribution in [-0.2, 0) is 0 Å². The largest absolute Gasteiger partial charge is 1.00 e. The molecule has 0 fully saturated rings. The zero-order valence-corrected chi connectivity index (χ0v) is 17.5. The molecule has 0 aromatic heterocycles. The molecule has 0 saturated heterocycles. The second kappa shape index (κ2) is 11.9. The number of hydrogen-bond acceptors (Lipinski definition) is 5. The Hall–Kier alpha value is -1.66. The first kappa shape index (κ1) is 23.4. The molecular formula is C20H24LiO5P. The van der Waals surface area contributed by atoms with Gasteiger partial charge in [-0.1, -0.05) is 25.5 Å². The van der Waals surface area contributed by atoms with Crippen molar-refractivity contribution in [1.82, 2.24) is 0 Å². The maximum absolute atomic E-state index is 12.8. The standard InChI is InChI=1S/C20H24O5P.Li/c1-5-6-11-25-14-7-9-16(10-8-14)26-20(21)19-17(23-3)12-15(22-2)13-18(19)24-4;/h7-10,12-13H,5-6,11H2,1-4H3;/q-1;+1. The van der Waals surface area contributed by atoms with E-state index >= 15 is 0 Å². The number of methoxy groups -OCH3 is 3. The Balaban J connectivity index is 0.00000364. The third kappa shape index (κ3) is 6.47. The van der Waals surface area contributed by atoms with Gasteiger partial charge in [0.1, 0.15) is 23.0 Å². The monoisotopic (exact) mass is 382 g/mol. The molecule has 7 heteroatoms. The fraction of sp³-hybridized carbons (Fsp3) is 0.350. The fourth-order valence-electron chi connectivity index (χ4n) is 2.34. The van der Waals surface area contributed by atoms with Crippen LogP contribution in [0.4, 0.5) is 0 Å². The predicted molar refractivity (Wildman–Crippen MR) is 104 cm³/mol. The van der Waals surface area contributed by atoms with Crippen molar-refractivity contribution >= 4 is 19.4 Å². The molecule has 0 aliphatic heterocycles. The summed E-state index contributed by atoms with van der Waals surface area (Å²) in [6.45, 7) is 2.82. The van der Waals surface area contributed by atoms with E-state index in [1.807, 2.05) is 24.3 Å². The predicted octanol–water partition coefficient (Wildman–Crippen LogP) is 1.31. The van der Waals surface area contributed by atoms with Crippen LogP contribution in [0.25, 0.3) is 0 Å². The molecule has 2 rings (SSSR count). The summed E-state index contributed by atoms with van der Waals surface area (Å²) in [5, 5.41) is 0.873. The Morgan fingerprint density at radius 3 is 2.00 bits per heavy atom. The number of hydrogen-bond donors (Lipinski definition) is 0. The van der Waals surface area contributed by atoms with Gasteiger partial charge < -0.3 is 32.3 Å². The van der Waals surface area contributed by atoms with Crippen LogP contribution in [0.1, 0.15) is 30.1 Å². The van der Waals surface area contributed by atoms with Crippen molar-refractivity contribution in [2.75, 3.05) is 27.9 Å². The van der Waals surface area contributed by atoms with Gasteiger partial charge in [0.15, 0.2) is 0 Å². The van der Waals surface area contributed by atoms with E-state index < -0.39 is 0 Å². The van der Waals surface area contributed by atoms with Crippen LogP contribution < -0.4 is 43.1 Å². The number of unbranched alkanes of at least 4 members (excludes halogenated alkanes) is 1. The van der Waals surface area contributed by atoms with E-state index in [9.17, 15) is 4.79 Å². The molecule has 0 aliphatic rings. The number of carbonyl (C=O) groups is 1. The minimum absolute atomic E-state index is 0. The molecule has 0 heterocycles. The molecule has 0 unspecified atom stereocenters. The van der Waals surface area contributed by atoms with Crippen LogP contribution in [0, 0.1) is 0 Å². The second-order valence-corrected chi connectivity index (χ2v) is 6.67. The van der Waals surface area contributed by atoms with Crippen LogP contribution in [0.5, 0.6) is 23.0 Å². The fourth-order valence-corrected chi connectivity index (χ4v) is 3.21. The van der Waals surface area contributed by atoms with Crippen molar-refractivity contribution in [3.63, 3.8) is 0 Å². The molecule has 0 N–H and O–H groups in total. The van der Waals surface area contributed by atoms with Gasteiger partial charge in [-0.2, -0.15) is 5.30 Å². The average molecular weight is 382 g/mol. The Bertz CT molecular complexity index is 709. The number of benzene rings is 2. The minimum Gasteiger partial charge on any atom is -0.496 e. The van der Waals surface area contributed by atoms with E-state index in [4.69, 9.17) is 18.9 Å².